The number of nitrogens with zero attached hydrogens (tertiary/aromatic N) is 4. The van der Waals surface area contributed by atoms with Gasteiger partial charge in [-0.05, 0) is 119 Å². The molecule has 0 aliphatic carbocycles. The van der Waals surface area contributed by atoms with E-state index in [4.69, 9.17) is 0 Å². The van der Waals surface area contributed by atoms with E-state index in [0.717, 1.165) is 12.6 Å². The van der Waals surface area contributed by atoms with Crippen molar-refractivity contribution in [2.45, 2.75) is 210 Å². The van der Waals surface area contributed by atoms with E-state index in [1.807, 2.05) is 55.4 Å². The molecule has 35 heteroatoms. The Balaban J connectivity index is -0.00000000523. The van der Waals surface area contributed by atoms with Crippen molar-refractivity contribution >= 4 is 0 Å². The second kappa shape index (κ2) is 252. The summed E-state index contributed by atoms with van der Waals surface area (Å²) >= 11 is 0. The quantitative estimate of drug-likeness (QED) is 0.205. The van der Waals surface area contributed by atoms with Gasteiger partial charge in [-0.1, -0.05) is 115 Å². The Morgan fingerprint density at radius 1 is 0.241 bits per heavy atom. The summed E-state index contributed by atoms with van der Waals surface area (Å²) in [7, 11) is 0. The van der Waals surface area contributed by atoms with E-state index in [1.54, 1.807) is 0 Å². The first-order chi connectivity index (χ1) is 21.2. The molecule has 4 aliphatic heterocycles. The van der Waals surface area contributed by atoms with Crippen molar-refractivity contribution < 1.29 is 1030 Å². The van der Waals surface area contributed by atoms with Gasteiger partial charge in [0.25, 0.3) is 0 Å². The van der Waals surface area contributed by atoms with Crippen LogP contribution in [-0.2, 0) is 883 Å². The minimum absolute atomic E-state index is 0. The predicted octanol–water partition coefficient (Wildman–Crippen LogP) is 16.1. The summed E-state index contributed by atoms with van der Waals surface area (Å²) in [4.78, 5) is 9.61. The molecule has 0 aromatic heterocycles. The minimum Gasteiger partial charge on any atom is -0.375 e. The smallest absolute Gasteiger partial charge is 0.0227 e. The molecule has 0 bridgehead atoms. The van der Waals surface area contributed by atoms with Crippen molar-refractivity contribution in [3.8, 4) is 0 Å². The van der Waals surface area contributed by atoms with Gasteiger partial charge in [0.1, 0.15) is 0 Å². The normalized spacial score (nSPS) is 8.84. The maximum absolute atomic E-state index is 2.47. The van der Waals surface area contributed by atoms with Gasteiger partial charge in [0.05, 0.1) is 0 Å². The molecule has 4 rings (SSSR count). The Hall–Kier alpha value is 33.2. The molecule has 0 amide bonds. The summed E-state index contributed by atoms with van der Waals surface area (Å²) in [6, 6.07) is 2.76. The molecule has 0 saturated carbocycles. The molecule has 0 atom stereocenters. The van der Waals surface area contributed by atoms with Crippen LogP contribution in [0, 0.1) is 181 Å². The third-order valence-electron chi connectivity index (χ3n) is 7.08. The number of allylic oxidation sites excluding steroid dienone is 2. The summed E-state index contributed by atoms with van der Waals surface area (Å²) < 4.78 is 0. The maximum Gasteiger partial charge on any atom is 0.0227 e. The van der Waals surface area contributed by atoms with Crippen LogP contribution in [0.2, 0.25) is 0 Å². The maximum atomic E-state index is 2.47. The molecule has 0 saturated heterocycles. The van der Waals surface area contributed by atoms with Crippen LogP contribution in [0.25, 0.3) is 0 Å². The second-order valence-corrected chi connectivity index (χ2v) is 11.4. The molecule has 4 nitrogen and oxygen atoms in total. The Morgan fingerprint density at radius 2 is 0.446 bits per heavy atom. The first kappa shape index (κ1) is 288. The van der Waals surface area contributed by atoms with Crippen molar-refractivity contribution in [1.29, 1.82) is 0 Å². The largest absolute Gasteiger partial charge is 0.375 e. The fraction of sp³-hybridized carbons (Fsp3) is 0.750. The molecule has 0 fully saturated rings. The molecular weight excluding hydrogens is 3190 g/mol. The van der Waals surface area contributed by atoms with Crippen molar-refractivity contribution in [3.63, 3.8) is 0 Å². The molecule has 0 spiro atoms. The van der Waals surface area contributed by atoms with Crippen LogP contribution in [0.3, 0.4) is 0 Å². The molecule has 0 unspecified atom stereocenters. The Kier molecular flexibility index (Phi) is 874. The van der Waals surface area contributed by atoms with Crippen molar-refractivity contribution in [1.82, 2.24) is 19.6 Å². The Labute approximate surface area is 1330 Å². The van der Waals surface area contributed by atoms with E-state index in [-0.39, 0.29) is 1090 Å². The Bertz CT molecular complexity index is 743. The third-order valence-corrected chi connectivity index (χ3v) is 7.08. The SMILES string of the molecule is C.C.C.C.CC.CC.CC.CC.CC(C)N1C=CCC1.CC(C)N1C=CCCC1.CC(C)N1C=CCCCC1.CC(C)N1CC=CCC1.[Ar].[Ar].[Ar].[Ar].[CH3-].[CH3-].[CH3-].[CH3-].[Y].[Y].[Y].[Y].[Y].[Y].[Y].[Y].[Y].[Y].[Y].[Y].[Y].[Y].[Y].[Y].[Y].[Y].[Y].[Y].[Y].[Y].[Y].[Y].[Y].[Y].[Y]. The van der Waals surface area contributed by atoms with Crippen LogP contribution in [0.4, 0.5) is 0 Å². The first-order valence-electron chi connectivity index (χ1n) is 18.9. The molecule has 27 radical (unpaired) electrons. The van der Waals surface area contributed by atoms with Gasteiger partial charge < -0.3 is 44.4 Å². The topological polar surface area (TPSA) is 13.0 Å². The van der Waals surface area contributed by atoms with Gasteiger partial charge in [0.15, 0.2) is 0 Å². The zero-order chi connectivity index (χ0) is 34.8. The second-order valence-electron chi connectivity index (χ2n) is 11.4. The molecule has 441 valence electrons. The molecule has 0 aromatic rings. The van der Waals surface area contributed by atoms with Gasteiger partial charge in [-0.25, -0.2) is 0 Å². The van der Waals surface area contributed by atoms with E-state index in [2.05, 4.69) is 124 Å². The summed E-state index contributed by atoms with van der Waals surface area (Å²) in [5, 5.41) is 0. The van der Waals surface area contributed by atoms with Gasteiger partial charge in [-0.15, -0.1) is 0 Å². The number of rotatable bonds is 4. The van der Waals surface area contributed by atoms with E-state index >= 15 is 0 Å². The molecular formula is C48H112Ar4N4Y27-4. The van der Waals surface area contributed by atoms with Crippen molar-refractivity contribution in [2.24, 2.45) is 0 Å². The first-order valence-corrected chi connectivity index (χ1v) is 18.9. The molecule has 4 aliphatic rings. The third kappa shape index (κ3) is 224. The number of hydrogen-bond acceptors (Lipinski definition) is 4. The van der Waals surface area contributed by atoms with Crippen LogP contribution in [0.1, 0.15) is 185 Å². The van der Waals surface area contributed by atoms with Crippen molar-refractivity contribution in [2.75, 3.05) is 32.7 Å². The Morgan fingerprint density at radius 3 is 0.602 bits per heavy atom. The summed E-state index contributed by atoms with van der Waals surface area (Å²) in [5.74, 6) is 0. The van der Waals surface area contributed by atoms with Gasteiger partial charge in [0.2, 0.25) is 0 Å². The van der Waals surface area contributed by atoms with E-state index < -0.39 is 0 Å². The summed E-state index contributed by atoms with van der Waals surface area (Å²) in [6.45, 7) is 40.0. The average Bonchev–Trinajstić information content (AvgIpc) is 3.49. The minimum atomic E-state index is 0. The molecule has 0 N–H and O–H groups in total. The summed E-state index contributed by atoms with van der Waals surface area (Å²) in [6.07, 6.45) is 27.0. The van der Waals surface area contributed by atoms with Crippen LogP contribution < -0.4 is 0 Å². The van der Waals surface area contributed by atoms with Crippen molar-refractivity contribution in [3.05, 3.63) is 78.7 Å². The molecule has 4 heterocycles. The zero-order valence-corrected chi connectivity index (χ0v) is 134. The number of hydrogen-bond donors (Lipinski definition) is 0. The van der Waals surface area contributed by atoms with Gasteiger partial charge in [-0.3, -0.25) is 4.90 Å². The monoisotopic (exact) mass is 3310 g/mol. The van der Waals surface area contributed by atoms with Crippen LogP contribution in [-0.4, -0.2) is 76.5 Å². The van der Waals surface area contributed by atoms with Crippen LogP contribution >= 0.6 is 0 Å². The van der Waals surface area contributed by atoms with E-state index in [9.17, 15) is 0 Å². The van der Waals surface area contributed by atoms with E-state index in [1.165, 1.54) is 71.1 Å². The van der Waals surface area contributed by atoms with Gasteiger partial charge in [0, 0.05) is 1090 Å². The predicted molar refractivity (Wildman–Crippen MR) is 259 cm³/mol. The van der Waals surface area contributed by atoms with Gasteiger partial charge >= 0.3 is 0 Å². The standard InChI is InChI=1S/C9H17N.2C8H15N.C7H13N.4C2H6.4CH4.4CH3.4Ar.27Y/c1-9(2)10-7-5-3-4-6-8-10;2*1-8(2)9-6-4-3-5-7-9;1-7(2)8-5-3-4-6-8;4*1-2;;;;;;;;;;;;;;;;;;;;;;;;;;;;;;;;;;;;;;;/h5,7,9H,3-4,6,8H2,1-2H3;4,6,8H,3,5,7H2,1-2H3;3-4,8H,5-7H2,1-2H3;3,5,7H,4,6H2,1-2H3;4*1-2H3;4*1H4;4*1H3;;;;;;;;;;;;;;;;;;;;;;;;;;;;;;;/q;;;;;;;;;;;;4*-1;;;;;;;;;;;;;;;;;;;;;;;;;;;;;;;. The average molecular weight is 3310 g/mol. The van der Waals surface area contributed by atoms with Crippen LogP contribution in [0.15, 0.2) is 49.0 Å². The summed E-state index contributed by atoms with van der Waals surface area (Å²) in [5.41, 5.74) is 0. The zero-order valence-electron chi connectivity index (χ0n) is 54.2. The van der Waals surface area contributed by atoms with Gasteiger partial charge in [-0.2, -0.15) is 0 Å². The van der Waals surface area contributed by atoms with E-state index in [0.29, 0.717) is 18.1 Å². The molecule has 83 heavy (non-hydrogen) atoms. The molecule has 0 aromatic carbocycles. The van der Waals surface area contributed by atoms with Crippen LogP contribution in [0.5, 0.6) is 0 Å². The fourth-order valence-electron chi connectivity index (χ4n) is 4.44. The fourth-order valence-corrected chi connectivity index (χ4v) is 4.44.